The summed E-state index contributed by atoms with van der Waals surface area (Å²) >= 11 is 0. The zero-order valence-corrected chi connectivity index (χ0v) is 10.1. The molecule has 5 heteroatoms. The predicted molar refractivity (Wildman–Crippen MR) is 59.9 cm³/mol. The Labute approximate surface area is 99.3 Å². The van der Waals surface area contributed by atoms with Crippen LogP contribution in [0.5, 0.6) is 0 Å². The fourth-order valence-corrected chi connectivity index (χ4v) is 1.74. The number of hydrogen-bond acceptors (Lipinski definition) is 4. The zero-order chi connectivity index (χ0) is 13.2. The van der Waals surface area contributed by atoms with Gasteiger partial charge in [-0.25, -0.2) is 0 Å². The molecule has 1 heterocycles. The van der Waals surface area contributed by atoms with Crippen LogP contribution in [0.4, 0.5) is 0 Å². The SMILES string of the molecule is CC(=O)C1=CC(=O)NC(=O)C1C(=O)CC(C)C. The standard InChI is InChI=1S/C12H15NO4/c1-6(2)4-9(15)11-8(7(3)14)5-10(16)13-12(11)17/h5-6,11H,4H2,1-3H3,(H,13,16,17). The highest BCUT2D eigenvalue weighted by Crippen LogP contribution is 2.20. The molecule has 0 aromatic heterocycles. The number of hydrogen-bond donors (Lipinski definition) is 1. The van der Waals surface area contributed by atoms with Crippen molar-refractivity contribution in [3.8, 4) is 0 Å². The Morgan fingerprint density at radius 2 is 1.94 bits per heavy atom. The summed E-state index contributed by atoms with van der Waals surface area (Å²) in [4.78, 5) is 45.9. The number of carbonyl (C=O) groups excluding carboxylic acids is 4. The Hall–Kier alpha value is -1.78. The van der Waals surface area contributed by atoms with Crippen molar-refractivity contribution in [2.45, 2.75) is 27.2 Å². The Morgan fingerprint density at radius 3 is 2.41 bits per heavy atom. The second kappa shape index (κ2) is 5.03. The molecular formula is C12H15NO4. The van der Waals surface area contributed by atoms with Crippen LogP contribution in [-0.2, 0) is 19.2 Å². The smallest absolute Gasteiger partial charge is 0.251 e. The average molecular weight is 237 g/mol. The van der Waals surface area contributed by atoms with E-state index in [0.29, 0.717) is 0 Å². The number of rotatable bonds is 4. The minimum absolute atomic E-state index is 0.00981. The fraction of sp³-hybridized carbons (Fsp3) is 0.500. The van der Waals surface area contributed by atoms with Crippen LogP contribution < -0.4 is 5.32 Å². The first kappa shape index (κ1) is 13.3. The second-order valence-corrected chi connectivity index (χ2v) is 4.51. The van der Waals surface area contributed by atoms with E-state index >= 15 is 0 Å². The number of ketones is 2. The Morgan fingerprint density at radius 1 is 1.35 bits per heavy atom. The molecule has 1 atom stereocenters. The highest BCUT2D eigenvalue weighted by molar-refractivity contribution is 6.21. The molecule has 0 bridgehead atoms. The van der Waals surface area contributed by atoms with Crippen LogP contribution in [0.2, 0.25) is 0 Å². The Bertz CT molecular complexity index is 420. The molecule has 0 radical (unpaired) electrons. The van der Waals surface area contributed by atoms with Gasteiger partial charge in [-0.3, -0.25) is 24.5 Å². The number of imide groups is 1. The van der Waals surface area contributed by atoms with Gasteiger partial charge in [-0.15, -0.1) is 0 Å². The summed E-state index contributed by atoms with van der Waals surface area (Å²) in [6.45, 7) is 4.94. The molecule has 17 heavy (non-hydrogen) atoms. The predicted octanol–water partition coefficient (Wildman–Crippen LogP) is 0.390. The number of nitrogens with one attached hydrogen (secondary N) is 1. The molecule has 1 unspecified atom stereocenters. The average Bonchev–Trinajstić information content (AvgIpc) is 2.14. The molecule has 0 saturated carbocycles. The van der Waals surface area contributed by atoms with E-state index in [1.807, 2.05) is 19.2 Å². The third-order valence-corrected chi connectivity index (χ3v) is 2.44. The van der Waals surface area contributed by atoms with Gasteiger partial charge in [-0.1, -0.05) is 13.8 Å². The first-order valence-corrected chi connectivity index (χ1v) is 5.43. The molecule has 0 aromatic rings. The van der Waals surface area contributed by atoms with Crippen LogP contribution in [0.3, 0.4) is 0 Å². The lowest BCUT2D eigenvalue weighted by atomic mass is 9.85. The van der Waals surface area contributed by atoms with Crippen LogP contribution in [0.25, 0.3) is 0 Å². The van der Waals surface area contributed by atoms with E-state index in [1.165, 1.54) is 6.92 Å². The summed E-state index contributed by atoms with van der Waals surface area (Å²) in [7, 11) is 0. The van der Waals surface area contributed by atoms with Crippen molar-refractivity contribution >= 4 is 23.4 Å². The van der Waals surface area contributed by atoms with Crippen molar-refractivity contribution in [1.29, 1.82) is 0 Å². The van der Waals surface area contributed by atoms with Crippen molar-refractivity contribution in [2.75, 3.05) is 0 Å². The van der Waals surface area contributed by atoms with Gasteiger partial charge in [0.15, 0.2) is 5.78 Å². The lowest BCUT2D eigenvalue weighted by molar-refractivity contribution is -0.137. The van der Waals surface area contributed by atoms with Gasteiger partial charge in [0.1, 0.15) is 11.7 Å². The monoisotopic (exact) mass is 237 g/mol. The van der Waals surface area contributed by atoms with Gasteiger partial charge in [-0.2, -0.15) is 0 Å². The summed E-state index contributed by atoms with van der Waals surface area (Å²) < 4.78 is 0. The molecule has 2 amide bonds. The van der Waals surface area contributed by atoms with E-state index in [9.17, 15) is 19.2 Å². The normalized spacial score (nSPS) is 20.0. The molecule has 0 aromatic carbocycles. The van der Waals surface area contributed by atoms with Gasteiger partial charge in [0.25, 0.3) is 5.91 Å². The highest BCUT2D eigenvalue weighted by atomic mass is 16.2. The molecule has 1 aliphatic rings. The summed E-state index contributed by atoms with van der Waals surface area (Å²) in [6.07, 6.45) is 1.24. The summed E-state index contributed by atoms with van der Waals surface area (Å²) in [5.74, 6) is -3.13. The third kappa shape index (κ3) is 3.09. The maximum Gasteiger partial charge on any atom is 0.251 e. The summed E-state index contributed by atoms with van der Waals surface area (Å²) in [5, 5.41) is 2.04. The highest BCUT2D eigenvalue weighted by Gasteiger charge is 2.36. The summed E-state index contributed by atoms with van der Waals surface area (Å²) in [5.41, 5.74) is -0.00981. The van der Waals surface area contributed by atoms with Crippen LogP contribution >= 0.6 is 0 Å². The maximum absolute atomic E-state index is 11.9. The second-order valence-electron chi connectivity index (χ2n) is 4.51. The van der Waals surface area contributed by atoms with Gasteiger partial charge in [0.05, 0.1) is 0 Å². The van der Waals surface area contributed by atoms with Crippen LogP contribution in [0, 0.1) is 11.8 Å². The minimum atomic E-state index is -1.13. The zero-order valence-electron chi connectivity index (χ0n) is 10.1. The van der Waals surface area contributed by atoms with Crippen molar-refractivity contribution in [1.82, 2.24) is 5.32 Å². The van der Waals surface area contributed by atoms with Crippen LogP contribution in [-0.4, -0.2) is 23.4 Å². The molecule has 1 N–H and O–H groups in total. The molecule has 1 aliphatic heterocycles. The quantitative estimate of drug-likeness (QED) is 0.566. The van der Waals surface area contributed by atoms with Gasteiger partial charge >= 0.3 is 0 Å². The van der Waals surface area contributed by atoms with Crippen molar-refractivity contribution in [3.63, 3.8) is 0 Å². The molecular weight excluding hydrogens is 222 g/mol. The number of Topliss-reactive ketones (excluding diaryl/α,β-unsaturated/α-hetero) is 2. The van der Waals surface area contributed by atoms with E-state index in [0.717, 1.165) is 6.08 Å². The van der Waals surface area contributed by atoms with Crippen molar-refractivity contribution in [2.24, 2.45) is 11.8 Å². The molecule has 5 nitrogen and oxygen atoms in total. The number of amides is 2. The molecule has 0 fully saturated rings. The molecule has 1 rings (SSSR count). The fourth-order valence-electron chi connectivity index (χ4n) is 1.74. The lowest BCUT2D eigenvalue weighted by Crippen LogP contribution is -2.45. The van der Waals surface area contributed by atoms with Gasteiger partial charge in [0, 0.05) is 18.1 Å². The van der Waals surface area contributed by atoms with Crippen LogP contribution in [0.1, 0.15) is 27.2 Å². The Kier molecular flexibility index (Phi) is 3.93. The van der Waals surface area contributed by atoms with Gasteiger partial charge < -0.3 is 0 Å². The van der Waals surface area contributed by atoms with E-state index < -0.39 is 23.5 Å². The minimum Gasteiger partial charge on any atom is -0.298 e. The molecule has 0 saturated heterocycles. The molecule has 92 valence electrons. The van der Waals surface area contributed by atoms with Crippen molar-refractivity contribution < 1.29 is 19.2 Å². The number of carbonyl (C=O) groups is 4. The largest absolute Gasteiger partial charge is 0.298 e. The molecule has 0 aliphatic carbocycles. The van der Waals surface area contributed by atoms with E-state index in [1.54, 1.807) is 0 Å². The van der Waals surface area contributed by atoms with Gasteiger partial charge in [0.2, 0.25) is 5.91 Å². The van der Waals surface area contributed by atoms with E-state index in [4.69, 9.17) is 0 Å². The first-order valence-electron chi connectivity index (χ1n) is 5.43. The van der Waals surface area contributed by atoms with Crippen LogP contribution in [0.15, 0.2) is 11.6 Å². The third-order valence-electron chi connectivity index (χ3n) is 2.44. The Balaban J connectivity index is 3.05. The maximum atomic E-state index is 11.9. The van der Waals surface area contributed by atoms with Crippen molar-refractivity contribution in [3.05, 3.63) is 11.6 Å². The topological polar surface area (TPSA) is 80.3 Å². The van der Waals surface area contributed by atoms with Gasteiger partial charge in [-0.05, 0) is 12.8 Å². The van der Waals surface area contributed by atoms with E-state index in [-0.39, 0.29) is 23.7 Å². The first-order chi connectivity index (χ1) is 7.82. The lowest BCUT2D eigenvalue weighted by Gasteiger charge is -2.21. The summed E-state index contributed by atoms with van der Waals surface area (Å²) in [6, 6.07) is 0. The molecule has 0 spiro atoms. The van der Waals surface area contributed by atoms with E-state index in [2.05, 4.69) is 0 Å².